The molecule has 0 aliphatic carbocycles. The SMILES string of the molecule is CCC(CCCCCCCCCCCCCCC(=O)[O-])c1ccccc1.CCC(CCCCCCCCCCCCCCC(=O)[O-])c1ccccc1.[Ca+2]. The first-order valence-corrected chi connectivity index (χ1v) is 22.0. The summed E-state index contributed by atoms with van der Waals surface area (Å²) < 4.78 is 0. The first kappa shape index (κ1) is 51.6. The van der Waals surface area contributed by atoms with Crippen molar-refractivity contribution in [3.63, 3.8) is 0 Å². The second kappa shape index (κ2) is 38.9. The minimum Gasteiger partial charge on any atom is -0.550 e. The Kier molecular flexibility index (Phi) is 37.9. The number of carbonyl (C=O) groups excluding carboxylic acids is 2. The Balaban J connectivity index is 0.00000100. The average Bonchev–Trinajstić information content (AvgIpc) is 3.15. The van der Waals surface area contributed by atoms with Crippen LogP contribution in [0.3, 0.4) is 0 Å². The first-order valence-electron chi connectivity index (χ1n) is 22.0. The van der Waals surface area contributed by atoms with Gasteiger partial charge in [-0.15, -0.1) is 0 Å². The molecular formula is C48H78CaO4. The summed E-state index contributed by atoms with van der Waals surface area (Å²) in [6, 6.07) is 21.9. The molecule has 0 amide bonds. The van der Waals surface area contributed by atoms with Gasteiger partial charge in [-0.25, -0.2) is 0 Å². The third kappa shape index (κ3) is 32.6. The van der Waals surface area contributed by atoms with Crippen LogP contribution in [0.15, 0.2) is 60.7 Å². The van der Waals surface area contributed by atoms with E-state index >= 15 is 0 Å². The first-order chi connectivity index (χ1) is 25.5. The fourth-order valence-electron chi connectivity index (χ4n) is 7.52. The number of benzene rings is 2. The Bertz CT molecular complexity index is 974. The molecule has 2 unspecified atom stereocenters. The number of hydrogen-bond donors (Lipinski definition) is 0. The van der Waals surface area contributed by atoms with E-state index in [1.165, 1.54) is 165 Å². The molecule has 53 heavy (non-hydrogen) atoms. The maximum absolute atomic E-state index is 10.3. The normalized spacial score (nSPS) is 12.0. The van der Waals surface area contributed by atoms with E-state index in [0.29, 0.717) is 0 Å². The molecule has 0 bridgehead atoms. The van der Waals surface area contributed by atoms with Crippen molar-refractivity contribution in [3.05, 3.63) is 71.8 Å². The molecule has 0 heterocycles. The molecule has 4 nitrogen and oxygen atoms in total. The van der Waals surface area contributed by atoms with E-state index in [4.69, 9.17) is 0 Å². The van der Waals surface area contributed by atoms with Gasteiger partial charge in [0.05, 0.1) is 0 Å². The summed E-state index contributed by atoms with van der Waals surface area (Å²) >= 11 is 0. The fraction of sp³-hybridized carbons (Fsp3) is 0.708. The van der Waals surface area contributed by atoms with Gasteiger partial charge in [-0.1, -0.05) is 216 Å². The molecule has 0 radical (unpaired) electrons. The number of rotatable bonds is 34. The van der Waals surface area contributed by atoms with E-state index < -0.39 is 11.9 Å². The van der Waals surface area contributed by atoms with E-state index in [0.717, 1.165) is 37.5 Å². The van der Waals surface area contributed by atoms with Crippen molar-refractivity contribution in [2.24, 2.45) is 0 Å². The van der Waals surface area contributed by atoms with Gasteiger partial charge in [0.1, 0.15) is 0 Å². The zero-order valence-electron chi connectivity index (χ0n) is 34.5. The van der Waals surface area contributed by atoms with Crippen molar-refractivity contribution in [1.29, 1.82) is 0 Å². The predicted molar refractivity (Wildman–Crippen MR) is 224 cm³/mol. The van der Waals surface area contributed by atoms with Gasteiger partial charge < -0.3 is 19.8 Å². The number of unbranched alkanes of at least 4 members (excludes halogenated alkanes) is 22. The topological polar surface area (TPSA) is 80.3 Å². The van der Waals surface area contributed by atoms with Crippen molar-refractivity contribution < 1.29 is 19.8 Å². The van der Waals surface area contributed by atoms with Gasteiger partial charge in [0.25, 0.3) is 0 Å². The molecule has 0 saturated carbocycles. The maximum atomic E-state index is 10.3. The van der Waals surface area contributed by atoms with Crippen LogP contribution in [0.2, 0.25) is 0 Å². The molecule has 0 fully saturated rings. The number of hydrogen-bond acceptors (Lipinski definition) is 4. The summed E-state index contributed by atoms with van der Waals surface area (Å²) in [6.45, 7) is 4.61. The summed E-state index contributed by atoms with van der Waals surface area (Å²) in [6.07, 6.45) is 35.9. The van der Waals surface area contributed by atoms with E-state index in [1.54, 1.807) is 0 Å². The second-order valence-electron chi connectivity index (χ2n) is 15.3. The molecular weight excluding hydrogens is 681 g/mol. The third-order valence-corrected chi connectivity index (χ3v) is 10.9. The molecule has 2 aromatic carbocycles. The second-order valence-corrected chi connectivity index (χ2v) is 15.3. The third-order valence-electron chi connectivity index (χ3n) is 10.9. The van der Waals surface area contributed by atoms with Crippen LogP contribution in [0.4, 0.5) is 0 Å². The summed E-state index contributed by atoms with van der Waals surface area (Å²) in [5.74, 6) is -0.337. The molecule has 0 aliphatic rings. The van der Waals surface area contributed by atoms with Crippen molar-refractivity contribution in [1.82, 2.24) is 0 Å². The molecule has 0 aliphatic heterocycles. The Labute approximate surface area is 357 Å². The monoisotopic (exact) mass is 759 g/mol. The van der Waals surface area contributed by atoms with Crippen LogP contribution < -0.4 is 10.2 Å². The van der Waals surface area contributed by atoms with Crippen LogP contribution in [-0.2, 0) is 9.59 Å². The Morgan fingerprint density at radius 3 is 0.849 bits per heavy atom. The number of carboxylic acid groups (broad SMARTS) is 2. The summed E-state index contributed by atoms with van der Waals surface area (Å²) in [5, 5.41) is 20.6. The van der Waals surface area contributed by atoms with Gasteiger partial charge in [-0.05, 0) is 74.3 Å². The molecule has 0 spiro atoms. The molecule has 0 N–H and O–H groups in total. The number of aliphatic carboxylic acids is 2. The zero-order valence-corrected chi connectivity index (χ0v) is 36.7. The molecule has 296 valence electrons. The minimum absolute atomic E-state index is 0. The Hall–Kier alpha value is -1.36. The summed E-state index contributed by atoms with van der Waals surface area (Å²) in [7, 11) is 0. The summed E-state index contributed by atoms with van der Waals surface area (Å²) in [5.41, 5.74) is 3.02. The van der Waals surface area contributed by atoms with Crippen molar-refractivity contribution in [2.75, 3.05) is 0 Å². The van der Waals surface area contributed by atoms with E-state index in [2.05, 4.69) is 74.5 Å². The summed E-state index contributed by atoms with van der Waals surface area (Å²) in [4.78, 5) is 20.6. The molecule has 2 rings (SSSR count). The molecule has 0 aromatic heterocycles. The molecule has 2 aromatic rings. The minimum atomic E-state index is -0.907. The van der Waals surface area contributed by atoms with Crippen molar-refractivity contribution >= 4 is 49.7 Å². The largest absolute Gasteiger partial charge is 2.00 e. The van der Waals surface area contributed by atoms with Crippen LogP contribution in [0.5, 0.6) is 0 Å². The Morgan fingerprint density at radius 1 is 0.396 bits per heavy atom. The number of carboxylic acids is 2. The van der Waals surface area contributed by atoms with E-state index in [-0.39, 0.29) is 50.6 Å². The van der Waals surface area contributed by atoms with Gasteiger partial charge >= 0.3 is 37.7 Å². The predicted octanol–water partition coefficient (Wildman–Crippen LogP) is 12.4. The standard InChI is InChI=1S/2C24H40O2.Ca/c2*1-2-22(23-19-15-13-16-20-23)18-14-11-9-7-5-3-4-6-8-10-12-17-21-24(25)26;/h2*13,15-16,19-20,22H,2-12,14,17-18,21H2,1H3,(H,25,26);/q;;+2/p-2. The van der Waals surface area contributed by atoms with Gasteiger partial charge in [-0.3, -0.25) is 0 Å². The van der Waals surface area contributed by atoms with Crippen LogP contribution in [0, 0.1) is 0 Å². The van der Waals surface area contributed by atoms with Gasteiger partial charge in [0, 0.05) is 11.9 Å². The average molecular weight is 759 g/mol. The zero-order chi connectivity index (χ0) is 37.7. The number of carbonyl (C=O) groups is 2. The van der Waals surface area contributed by atoms with Gasteiger partial charge in [-0.2, -0.15) is 0 Å². The quantitative estimate of drug-likeness (QED) is 0.0526. The molecule has 5 heteroatoms. The van der Waals surface area contributed by atoms with Crippen LogP contribution in [0.1, 0.15) is 229 Å². The van der Waals surface area contributed by atoms with Crippen LogP contribution in [0.25, 0.3) is 0 Å². The van der Waals surface area contributed by atoms with E-state index in [1.807, 2.05) is 0 Å². The Morgan fingerprint density at radius 2 is 0.623 bits per heavy atom. The molecule has 2 atom stereocenters. The van der Waals surface area contributed by atoms with Gasteiger partial charge in [0.2, 0.25) is 0 Å². The van der Waals surface area contributed by atoms with Crippen molar-refractivity contribution in [3.8, 4) is 0 Å². The van der Waals surface area contributed by atoms with Crippen LogP contribution in [-0.4, -0.2) is 49.7 Å². The van der Waals surface area contributed by atoms with Gasteiger partial charge in [0.15, 0.2) is 0 Å². The van der Waals surface area contributed by atoms with Crippen molar-refractivity contribution in [2.45, 2.75) is 218 Å². The maximum Gasteiger partial charge on any atom is 2.00 e. The molecule has 0 saturated heterocycles. The van der Waals surface area contributed by atoms with Crippen LogP contribution >= 0.6 is 0 Å². The smallest absolute Gasteiger partial charge is 0.550 e. The fourth-order valence-corrected chi connectivity index (χ4v) is 7.52. The van der Waals surface area contributed by atoms with E-state index in [9.17, 15) is 19.8 Å².